The maximum Gasteiger partial charge on any atom is 0.260 e. The fourth-order valence-electron chi connectivity index (χ4n) is 2.34. The average molecular weight is 334 g/mol. The summed E-state index contributed by atoms with van der Waals surface area (Å²) in [6, 6.07) is 6.92. The van der Waals surface area contributed by atoms with Gasteiger partial charge in [-0.15, -0.1) is 0 Å². The predicted molar refractivity (Wildman–Crippen MR) is 84.6 cm³/mol. The minimum atomic E-state index is -0.0646. The van der Waals surface area contributed by atoms with Gasteiger partial charge in [0.1, 0.15) is 11.9 Å². The van der Waals surface area contributed by atoms with Crippen molar-refractivity contribution in [3.8, 4) is 11.6 Å². The molecule has 1 aliphatic heterocycles. The molecule has 23 heavy (non-hydrogen) atoms. The zero-order valence-electron chi connectivity index (χ0n) is 12.4. The van der Waals surface area contributed by atoms with Gasteiger partial charge < -0.3 is 14.4 Å². The number of aromatic nitrogens is 2. The number of carbonyl (C=O) groups is 1. The standard InChI is InChI=1S/C16H16ClN3O3/c17-12-1-3-13(4-2-12)22-11-16(21)20-8-5-14(10-20)23-15-9-18-6-7-19-15/h1-4,6-7,9,14H,5,8,10-11H2. The number of rotatable bonds is 5. The smallest absolute Gasteiger partial charge is 0.260 e. The van der Waals surface area contributed by atoms with E-state index in [4.69, 9.17) is 21.1 Å². The highest BCUT2D eigenvalue weighted by Gasteiger charge is 2.28. The zero-order chi connectivity index (χ0) is 16.1. The predicted octanol–water partition coefficient (Wildman–Crippen LogP) is 2.19. The van der Waals surface area contributed by atoms with Crippen LogP contribution < -0.4 is 9.47 Å². The number of carbonyl (C=O) groups excluding carboxylic acids is 1. The Balaban J connectivity index is 1.46. The molecule has 120 valence electrons. The van der Waals surface area contributed by atoms with Gasteiger partial charge in [0.25, 0.3) is 5.91 Å². The number of likely N-dealkylation sites (tertiary alicyclic amines) is 1. The summed E-state index contributed by atoms with van der Waals surface area (Å²) in [7, 11) is 0. The molecule has 1 unspecified atom stereocenters. The van der Waals surface area contributed by atoms with E-state index in [0.717, 1.165) is 6.42 Å². The second kappa shape index (κ2) is 7.28. The van der Waals surface area contributed by atoms with Crippen LogP contribution in [0.5, 0.6) is 11.6 Å². The summed E-state index contributed by atoms with van der Waals surface area (Å²) in [5, 5.41) is 0.632. The quantitative estimate of drug-likeness (QED) is 0.839. The highest BCUT2D eigenvalue weighted by molar-refractivity contribution is 6.30. The third kappa shape index (κ3) is 4.32. The molecule has 1 saturated heterocycles. The van der Waals surface area contributed by atoms with Crippen LogP contribution in [0.25, 0.3) is 0 Å². The van der Waals surface area contributed by atoms with Crippen molar-refractivity contribution >= 4 is 17.5 Å². The second-order valence-corrected chi connectivity index (χ2v) is 5.59. The first kappa shape index (κ1) is 15.6. The molecule has 1 atom stereocenters. The first-order valence-corrected chi connectivity index (χ1v) is 7.67. The van der Waals surface area contributed by atoms with Crippen molar-refractivity contribution in [2.24, 2.45) is 0 Å². The van der Waals surface area contributed by atoms with Crippen LogP contribution in [-0.4, -0.2) is 46.6 Å². The Labute approximate surface area is 139 Å². The van der Waals surface area contributed by atoms with Crippen LogP contribution in [-0.2, 0) is 4.79 Å². The highest BCUT2D eigenvalue weighted by Crippen LogP contribution is 2.17. The Bertz CT molecular complexity index is 651. The van der Waals surface area contributed by atoms with Gasteiger partial charge in [0.05, 0.1) is 12.7 Å². The molecule has 2 aromatic rings. The van der Waals surface area contributed by atoms with Crippen molar-refractivity contribution in [3.05, 3.63) is 47.9 Å². The average Bonchev–Trinajstić information content (AvgIpc) is 3.03. The van der Waals surface area contributed by atoms with E-state index in [0.29, 0.717) is 29.7 Å². The lowest BCUT2D eigenvalue weighted by atomic mass is 10.3. The topological polar surface area (TPSA) is 64.5 Å². The molecular formula is C16H16ClN3O3. The van der Waals surface area contributed by atoms with Crippen molar-refractivity contribution in [1.82, 2.24) is 14.9 Å². The van der Waals surface area contributed by atoms with E-state index in [1.807, 2.05) is 0 Å². The van der Waals surface area contributed by atoms with Crippen molar-refractivity contribution in [2.75, 3.05) is 19.7 Å². The van der Waals surface area contributed by atoms with Gasteiger partial charge in [0, 0.05) is 30.4 Å². The molecule has 0 radical (unpaired) electrons. The summed E-state index contributed by atoms with van der Waals surface area (Å²) >= 11 is 5.81. The number of hydrogen-bond acceptors (Lipinski definition) is 5. The second-order valence-electron chi connectivity index (χ2n) is 5.15. The molecule has 0 saturated carbocycles. The Morgan fingerprint density at radius 3 is 2.87 bits per heavy atom. The maximum absolute atomic E-state index is 12.2. The summed E-state index contributed by atoms with van der Waals surface area (Å²) in [6.07, 6.45) is 5.43. The molecule has 6 nitrogen and oxygen atoms in total. The maximum atomic E-state index is 12.2. The van der Waals surface area contributed by atoms with Gasteiger partial charge in [-0.25, -0.2) is 4.98 Å². The number of benzene rings is 1. The van der Waals surface area contributed by atoms with Crippen molar-refractivity contribution in [3.63, 3.8) is 0 Å². The minimum Gasteiger partial charge on any atom is -0.484 e. The molecule has 1 aromatic carbocycles. The van der Waals surface area contributed by atoms with Crippen LogP contribution in [0.4, 0.5) is 0 Å². The SMILES string of the molecule is O=C(COc1ccc(Cl)cc1)N1CCC(Oc2cnccn2)C1. The summed E-state index contributed by atoms with van der Waals surface area (Å²) in [4.78, 5) is 21.9. The number of amides is 1. The van der Waals surface area contributed by atoms with E-state index >= 15 is 0 Å². The zero-order valence-corrected chi connectivity index (χ0v) is 13.1. The molecule has 2 heterocycles. The number of hydrogen-bond donors (Lipinski definition) is 0. The van der Waals surface area contributed by atoms with Crippen molar-refractivity contribution in [2.45, 2.75) is 12.5 Å². The largest absolute Gasteiger partial charge is 0.484 e. The van der Waals surface area contributed by atoms with Crippen molar-refractivity contribution in [1.29, 1.82) is 0 Å². The van der Waals surface area contributed by atoms with Crippen LogP contribution >= 0.6 is 11.6 Å². The molecule has 0 aliphatic carbocycles. The molecule has 3 rings (SSSR count). The summed E-state index contributed by atoms with van der Waals surface area (Å²) < 4.78 is 11.2. The molecular weight excluding hydrogens is 318 g/mol. The van der Waals surface area contributed by atoms with Crippen LogP contribution in [0, 0.1) is 0 Å². The van der Waals surface area contributed by atoms with Crippen LogP contribution in [0.15, 0.2) is 42.9 Å². The van der Waals surface area contributed by atoms with E-state index in [1.165, 1.54) is 0 Å². The van der Waals surface area contributed by atoms with E-state index in [9.17, 15) is 4.79 Å². The van der Waals surface area contributed by atoms with Gasteiger partial charge in [-0.2, -0.15) is 0 Å². The van der Waals surface area contributed by atoms with E-state index in [-0.39, 0.29) is 18.6 Å². The number of nitrogens with zero attached hydrogens (tertiary/aromatic N) is 3. The normalized spacial score (nSPS) is 17.1. The monoisotopic (exact) mass is 333 g/mol. The van der Waals surface area contributed by atoms with Gasteiger partial charge in [-0.3, -0.25) is 9.78 Å². The lowest BCUT2D eigenvalue weighted by molar-refractivity contribution is -0.132. The van der Waals surface area contributed by atoms with Crippen LogP contribution in [0.2, 0.25) is 5.02 Å². The number of halogens is 1. The first-order chi connectivity index (χ1) is 11.2. The van der Waals surface area contributed by atoms with Gasteiger partial charge in [0.15, 0.2) is 6.61 Å². The van der Waals surface area contributed by atoms with Crippen LogP contribution in [0.1, 0.15) is 6.42 Å². The Kier molecular flexibility index (Phi) is 4.92. The van der Waals surface area contributed by atoms with Crippen LogP contribution in [0.3, 0.4) is 0 Å². The fraction of sp³-hybridized carbons (Fsp3) is 0.312. The third-order valence-electron chi connectivity index (χ3n) is 3.50. The molecule has 0 N–H and O–H groups in total. The molecule has 0 spiro atoms. The third-order valence-corrected chi connectivity index (χ3v) is 3.75. The molecule has 0 bridgehead atoms. The lowest BCUT2D eigenvalue weighted by Gasteiger charge is -2.17. The van der Waals surface area contributed by atoms with Gasteiger partial charge in [0.2, 0.25) is 5.88 Å². The van der Waals surface area contributed by atoms with Gasteiger partial charge in [-0.05, 0) is 24.3 Å². The Hall–Kier alpha value is -2.34. The Morgan fingerprint density at radius 2 is 2.13 bits per heavy atom. The summed E-state index contributed by atoms with van der Waals surface area (Å²) in [5.74, 6) is 1.03. The van der Waals surface area contributed by atoms with Gasteiger partial charge >= 0.3 is 0 Å². The van der Waals surface area contributed by atoms with Gasteiger partial charge in [-0.1, -0.05) is 11.6 Å². The lowest BCUT2D eigenvalue weighted by Crippen LogP contribution is -2.34. The summed E-state index contributed by atoms with van der Waals surface area (Å²) in [6.45, 7) is 1.17. The molecule has 1 fully saturated rings. The Morgan fingerprint density at radius 1 is 1.30 bits per heavy atom. The molecule has 7 heteroatoms. The minimum absolute atomic E-state index is 0.000501. The first-order valence-electron chi connectivity index (χ1n) is 7.29. The van der Waals surface area contributed by atoms with Crippen molar-refractivity contribution < 1.29 is 14.3 Å². The number of ether oxygens (including phenoxy) is 2. The van der Waals surface area contributed by atoms with E-state index in [2.05, 4.69) is 9.97 Å². The molecule has 1 aliphatic rings. The molecule has 1 amide bonds. The fourth-order valence-corrected chi connectivity index (χ4v) is 2.46. The molecule has 1 aromatic heterocycles. The van der Waals surface area contributed by atoms with E-state index < -0.39 is 0 Å². The highest BCUT2D eigenvalue weighted by atomic mass is 35.5. The van der Waals surface area contributed by atoms with E-state index in [1.54, 1.807) is 47.8 Å². The summed E-state index contributed by atoms with van der Waals surface area (Å²) in [5.41, 5.74) is 0.